The first-order valence-electron chi connectivity index (χ1n) is 7.70. The Morgan fingerprint density at radius 3 is 2.54 bits per heavy atom. The minimum atomic E-state index is -1.05. The molecule has 0 aromatic heterocycles. The summed E-state index contributed by atoms with van der Waals surface area (Å²) in [5.74, 6) is -2.65. The Morgan fingerprint density at radius 1 is 1.33 bits per heavy atom. The fraction of sp³-hybridized carbons (Fsp3) is 0.412. The van der Waals surface area contributed by atoms with E-state index in [1.807, 2.05) is 13.8 Å². The van der Waals surface area contributed by atoms with Gasteiger partial charge < -0.3 is 10.1 Å². The average molecular weight is 338 g/mol. The molecule has 24 heavy (non-hydrogen) atoms. The van der Waals surface area contributed by atoms with E-state index >= 15 is 0 Å². The molecule has 1 N–H and O–H groups in total. The molecule has 130 valence electrons. The molecule has 0 bridgehead atoms. The third-order valence-corrected chi connectivity index (χ3v) is 3.82. The first-order chi connectivity index (χ1) is 11.3. The number of rotatable bonds is 4. The number of hydrogen-bond donors (Lipinski definition) is 1. The highest BCUT2D eigenvalue weighted by Gasteiger charge is 2.37. The molecular weight excluding hydrogens is 318 g/mol. The predicted octanol–water partition coefficient (Wildman–Crippen LogP) is 3.28. The van der Waals surface area contributed by atoms with Gasteiger partial charge in [-0.05, 0) is 45.4 Å². The fourth-order valence-electron chi connectivity index (χ4n) is 2.79. The minimum Gasteiger partial charge on any atom is -0.463 e. The summed E-state index contributed by atoms with van der Waals surface area (Å²) in [6, 6.07) is 1.77. The van der Waals surface area contributed by atoms with Gasteiger partial charge in [-0.25, -0.2) is 18.4 Å². The molecule has 1 atom stereocenters. The predicted molar refractivity (Wildman–Crippen MR) is 83.9 cm³/mol. The monoisotopic (exact) mass is 338 g/mol. The van der Waals surface area contributed by atoms with E-state index in [4.69, 9.17) is 4.74 Å². The van der Waals surface area contributed by atoms with Crippen LogP contribution in [0.25, 0.3) is 0 Å². The van der Waals surface area contributed by atoms with Gasteiger partial charge in [-0.15, -0.1) is 0 Å². The highest BCUT2D eigenvalue weighted by Crippen LogP contribution is 2.32. The van der Waals surface area contributed by atoms with E-state index in [9.17, 15) is 18.4 Å². The molecule has 1 aromatic carbocycles. The number of carbonyl (C=O) groups excluding carboxylic acids is 2. The van der Waals surface area contributed by atoms with Crippen molar-refractivity contribution in [1.82, 2.24) is 10.2 Å². The van der Waals surface area contributed by atoms with Gasteiger partial charge in [0.15, 0.2) is 11.6 Å². The van der Waals surface area contributed by atoms with Crippen LogP contribution in [0.15, 0.2) is 29.5 Å². The van der Waals surface area contributed by atoms with Crippen molar-refractivity contribution in [2.45, 2.75) is 39.8 Å². The molecule has 0 aliphatic carbocycles. The summed E-state index contributed by atoms with van der Waals surface area (Å²) < 4.78 is 31.8. The lowest BCUT2D eigenvalue weighted by molar-refractivity contribution is -0.139. The molecule has 1 heterocycles. The quantitative estimate of drug-likeness (QED) is 0.857. The summed E-state index contributed by atoms with van der Waals surface area (Å²) in [5, 5.41) is 2.67. The van der Waals surface area contributed by atoms with Crippen molar-refractivity contribution in [3.05, 3.63) is 46.7 Å². The van der Waals surface area contributed by atoms with Crippen molar-refractivity contribution in [3.63, 3.8) is 0 Å². The number of ether oxygens (including phenoxy) is 1. The Bertz CT molecular complexity index is 701. The second kappa shape index (κ2) is 6.98. The average Bonchev–Trinajstić information content (AvgIpc) is 2.49. The molecule has 7 heteroatoms. The van der Waals surface area contributed by atoms with Crippen LogP contribution in [0.1, 0.15) is 39.3 Å². The zero-order valence-electron chi connectivity index (χ0n) is 14.0. The van der Waals surface area contributed by atoms with Crippen LogP contribution in [-0.2, 0) is 9.53 Å². The van der Waals surface area contributed by atoms with E-state index in [-0.39, 0.29) is 23.8 Å². The van der Waals surface area contributed by atoms with Gasteiger partial charge >= 0.3 is 12.0 Å². The first-order valence-corrected chi connectivity index (χ1v) is 7.70. The van der Waals surface area contributed by atoms with E-state index in [2.05, 4.69) is 5.32 Å². The van der Waals surface area contributed by atoms with Crippen molar-refractivity contribution in [3.8, 4) is 0 Å². The Hall–Kier alpha value is -2.44. The maximum atomic E-state index is 13.6. The van der Waals surface area contributed by atoms with Gasteiger partial charge in [0.2, 0.25) is 0 Å². The lowest BCUT2D eigenvalue weighted by atomic mass is 9.94. The summed E-state index contributed by atoms with van der Waals surface area (Å²) in [6.45, 7) is 7.09. The Morgan fingerprint density at radius 2 is 2.00 bits per heavy atom. The molecule has 0 radical (unpaired) electrons. The van der Waals surface area contributed by atoms with Gasteiger partial charge in [0.25, 0.3) is 0 Å². The number of nitrogens with one attached hydrogen (secondary N) is 1. The van der Waals surface area contributed by atoms with E-state index in [1.54, 1.807) is 13.8 Å². The number of benzene rings is 1. The van der Waals surface area contributed by atoms with Crippen molar-refractivity contribution in [2.24, 2.45) is 0 Å². The molecule has 1 aliphatic rings. The first kappa shape index (κ1) is 17.9. The SMILES string of the molecule is CCOC(=O)C1=C(C)N(C(C)C)C(=O)N[C@H]1c1ccc(F)c(F)c1. The molecule has 0 saturated carbocycles. The summed E-state index contributed by atoms with van der Waals surface area (Å²) >= 11 is 0. The molecule has 2 amide bonds. The summed E-state index contributed by atoms with van der Waals surface area (Å²) in [5.41, 5.74) is 0.908. The van der Waals surface area contributed by atoms with E-state index in [0.29, 0.717) is 5.70 Å². The topological polar surface area (TPSA) is 58.6 Å². The van der Waals surface area contributed by atoms with E-state index < -0.39 is 29.7 Å². The third-order valence-electron chi connectivity index (χ3n) is 3.82. The lowest BCUT2D eigenvalue weighted by Crippen LogP contribution is -2.50. The number of carbonyl (C=O) groups is 2. The van der Waals surface area contributed by atoms with Gasteiger partial charge in [-0.3, -0.25) is 4.90 Å². The van der Waals surface area contributed by atoms with Crippen LogP contribution in [0.5, 0.6) is 0 Å². The second-order valence-electron chi connectivity index (χ2n) is 5.74. The highest BCUT2D eigenvalue weighted by atomic mass is 19.2. The number of nitrogens with zero attached hydrogens (tertiary/aromatic N) is 1. The van der Waals surface area contributed by atoms with E-state index in [0.717, 1.165) is 12.1 Å². The van der Waals surface area contributed by atoms with Crippen molar-refractivity contribution < 1.29 is 23.1 Å². The fourth-order valence-corrected chi connectivity index (χ4v) is 2.79. The number of amides is 2. The van der Waals surface area contributed by atoms with E-state index in [1.165, 1.54) is 11.0 Å². The Labute approximate surface area is 139 Å². The molecule has 2 rings (SSSR count). The van der Waals surface area contributed by atoms with Crippen LogP contribution in [0.4, 0.5) is 13.6 Å². The van der Waals surface area contributed by atoms with Gasteiger partial charge in [-0.2, -0.15) is 0 Å². The summed E-state index contributed by atoms with van der Waals surface area (Å²) in [6.07, 6.45) is 0. The molecule has 0 spiro atoms. The minimum absolute atomic E-state index is 0.162. The second-order valence-corrected chi connectivity index (χ2v) is 5.74. The van der Waals surface area contributed by atoms with Crippen molar-refractivity contribution in [2.75, 3.05) is 6.61 Å². The van der Waals surface area contributed by atoms with Gasteiger partial charge in [0, 0.05) is 11.7 Å². The molecule has 1 aromatic rings. The van der Waals surface area contributed by atoms with Gasteiger partial charge in [0.05, 0.1) is 18.2 Å². The molecule has 5 nitrogen and oxygen atoms in total. The molecule has 0 saturated heterocycles. The van der Waals surface area contributed by atoms with Crippen LogP contribution >= 0.6 is 0 Å². The summed E-state index contributed by atoms with van der Waals surface area (Å²) in [7, 11) is 0. The normalized spacial score (nSPS) is 18.0. The van der Waals surface area contributed by atoms with Gasteiger partial charge in [0.1, 0.15) is 0 Å². The Kier molecular flexibility index (Phi) is 5.21. The van der Waals surface area contributed by atoms with Crippen LogP contribution in [0.3, 0.4) is 0 Å². The Balaban J connectivity index is 2.57. The standard InChI is InChI=1S/C17H20F2N2O3/c1-5-24-16(22)14-10(4)21(9(2)3)17(23)20-15(14)11-6-7-12(18)13(19)8-11/h6-9,15H,5H2,1-4H3,(H,20,23)/t15-/m0/s1. The highest BCUT2D eigenvalue weighted by molar-refractivity contribution is 5.95. The number of hydrogen-bond acceptors (Lipinski definition) is 3. The number of esters is 1. The lowest BCUT2D eigenvalue weighted by Gasteiger charge is -2.37. The van der Waals surface area contributed by atoms with Crippen molar-refractivity contribution >= 4 is 12.0 Å². The molecule has 1 aliphatic heterocycles. The van der Waals surface area contributed by atoms with Crippen LogP contribution in [0.2, 0.25) is 0 Å². The zero-order valence-corrected chi connectivity index (χ0v) is 14.0. The number of urea groups is 1. The number of allylic oxidation sites excluding steroid dienone is 1. The number of halogens is 2. The smallest absolute Gasteiger partial charge is 0.338 e. The van der Waals surface area contributed by atoms with Crippen LogP contribution in [-0.4, -0.2) is 29.5 Å². The maximum Gasteiger partial charge on any atom is 0.338 e. The van der Waals surface area contributed by atoms with Crippen LogP contribution in [0, 0.1) is 11.6 Å². The van der Waals surface area contributed by atoms with Crippen molar-refractivity contribution in [1.29, 1.82) is 0 Å². The molecular formula is C17H20F2N2O3. The van der Waals surface area contributed by atoms with Gasteiger partial charge in [-0.1, -0.05) is 6.07 Å². The zero-order chi connectivity index (χ0) is 18.0. The van der Waals surface area contributed by atoms with Crippen LogP contribution < -0.4 is 5.32 Å². The maximum absolute atomic E-state index is 13.6. The molecule has 0 unspecified atom stereocenters. The third kappa shape index (κ3) is 3.25. The summed E-state index contributed by atoms with van der Waals surface area (Å²) in [4.78, 5) is 26.2. The molecule has 0 fully saturated rings. The largest absolute Gasteiger partial charge is 0.463 e.